The van der Waals surface area contributed by atoms with Crippen LogP contribution in [0.3, 0.4) is 0 Å². The summed E-state index contributed by atoms with van der Waals surface area (Å²) in [6.45, 7) is 7.82. The molecule has 0 bridgehead atoms. The smallest absolute Gasteiger partial charge is 0.118 e. The highest BCUT2D eigenvalue weighted by Gasteiger charge is 2.11. The lowest BCUT2D eigenvalue weighted by Crippen LogP contribution is -2.06. The molecule has 0 saturated heterocycles. The summed E-state index contributed by atoms with van der Waals surface area (Å²) < 4.78 is 12.0. The number of hydrogen-bond acceptors (Lipinski definition) is 2. The lowest BCUT2D eigenvalue weighted by atomic mass is 10.1. The molecule has 1 atom stereocenters. The summed E-state index contributed by atoms with van der Waals surface area (Å²) in [5, 5.41) is 9.49. The van der Waals surface area contributed by atoms with Crippen LogP contribution in [0.5, 0.6) is 5.75 Å². The third kappa shape index (κ3) is 3.06. The average molecular weight is 226 g/mol. The lowest BCUT2D eigenvalue weighted by Gasteiger charge is -2.10. The largest absolute Gasteiger partial charge is 0.508 e. The number of phenolic OH excluding ortho intramolecular Hbond substituents is 1. The molecule has 1 unspecified atom stereocenters. The molecule has 3 heteroatoms. The maximum atomic E-state index is 12.0. The molecule has 1 rings (SSSR count). The highest BCUT2D eigenvalue weighted by molar-refractivity contribution is 7.85. The maximum Gasteiger partial charge on any atom is 0.118 e. The van der Waals surface area contributed by atoms with Gasteiger partial charge in [-0.25, -0.2) is 0 Å². The molecule has 84 valence electrons. The molecular formula is C12H18O2S. The Hall–Kier alpha value is -0.830. The van der Waals surface area contributed by atoms with Crippen LogP contribution in [0.2, 0.25) is 0 Å². The minimum Gasteiger partial charge on any atom is -0.508 e. The van der Waals surface area contributed by atoms with E-state index < -0.39 is 10.8 Å². The molecule has 0 aliphatic rings. The van der Waals surface area contributed by atoms with Gasteiger partial charge in [0.05, 0.1) is 10.8 Å². The number of benzene rings is 1. The summed E-state index contributed by atoms with van der Waals surface area (Å²) in [6, 6.07) is 3.51. The summed E-state index contributed by atoms with van der Waals surface area (Å²) in [5.74, 6) is 1.36. The van der Waals surface area contributed by atoms with Crippen molar-refractivity contribution in [3.8, 4) is 5.75 Å². The number of hydrogen-bond donors (Lipinski definition) is 1. The van der Waals surface area contributed by atoms with Crippen LogP contribution in [-0.4, -0.2) is 15.1 Å². The van der Waals surface area contributed by atoms with E-state index >= 15 is 0 Å². The summed E-state index contributed by atoms with van der Waals surface area (Å²) in [5.41, 5.74) is 1.68. The van der Waals surface area contributed by atoms with Crippen LogP contribution < -0.4 is 0 Å². The minimum atomic E-state index is -0.955. The monoisotopic (exact) mass is 226 g/mol. The van der Waals surface area contributed by atoms with Crippen molar-refractivity contribution in [2.45, 2.75) is 32.6 Å². The first-order valence-electron chi connectivity index (χ1n) is 5.10. The SMILES string of the molecule is Cc1cc(S(=O)CC(C)C)c(C)cc1O. The fraction of sp³-hybridized carbons (Fsp3) is 0.500. The molecule has 0 heterocycles. The predicted octanol–water partition coefficient (Wildman–Crippen LogP) is 2.77. The van der Waals surface area contributed by atoms with Gasteiger partial charge in [-0.2, -0.15) is 0 Å². The third-order valence-electron chi connectivity index (χ3n) is 2.22. The van der Waals surface area contributed by atoms with Gasteiger partial charge < -0.3 is 5.11 Å². The average Bonchev–Trinajstić information content (AvgIpc) is 2.09. The fourth-order valence-corrected chi connectivity index (χ4v) is 2.92. The van der Waals surface area contributed by atoms with E-state index in [0.717, 1.165) is 16.0 Å². The van der Waals surface area contributed by atoms with Crippen molar-refractivity contribution in [2.24, 2.45) is 5.92 Å². The first kappa shape index (κ1) is 12.2. The van der Waals surface area contributed by atoms with Crippen LogP contribution in [0.15, 0.2) is 17.0 Å². The van der Waals surface area contributed by atoms with Crippen molar-refractivity contribution < 1.29 is 9.32 Å². The van der Waals surface area contributed by atoms with Gasteiger partial charge >= 0.3 is 0 Å². The number of rotatable bonds is 3. The van der Waals surface area contributed by atoms with Crippen molar-refractivity contribution in [1.82, 2.24) is 0 Å². The molecule has 0 spiro atoms. The van der Waals surface area contributed by atoms with Gasteiger partial charge in [0.15, 0.2) is 0 Å². The zero-order valence-corrected chi connectivity index (χ0v) is 10.5. The van der Waals surface area contributed by atoms with E-state index in [1.54, 1.807) is 6.07 Å². The van der Waals surface area contributed by atoms with Gasteiger partial charge in [0, 0.05) is 10.6 Å². The normalized spacial score (nSPS) is 13.1. The Morgan fingerprint density at radius 3 is 2.40 bits per heavy atom. The Bertz CT molecular complexity index is 383. The van der Waals surface area contributed by atoms with Crippen LogP contribution in [0, 0.1) is 19.8 Å². The van der Waals surface area contributed by atoms with Gasteiger partial charge in [0.1, 0.15) is 5.75 Å². The van der Waals surface area contributed by atoms with E-state index in [9.17, 15) is 9.32 Å². The summed E-state index contributed by atoms with van der Waals surface area (Å²) in [7, 11) is -0.955. The van der Waals surface area contributed by atoms with Gasteiger partial charge in [-0.1, -0.05) is 13.8 Å². The molecule has 15 heavy (non-hydrogen) atoms. The first-order valence-corrected chi connectivity index (χ1v) is 6.42. The summed E-state index contributed by atoms with van der Waals surface area (Å²) in [4.78, 5) is 0.846. The molecule has 0 amide bonds. The van der Waals surface area contributed by atoms with Crippen LogP contribution in [-0.2, 0) is 10.8 Å². The molecule has 1 N–H and O–H groups in total. The van der Waals surface area contributed by atoms with Gasteiger partial charge in [-0.05, 0) is 43.0 Å². The Kier molecular flexibility index (Phi) is 3.91. The van der Waals surface area contributed by atoms with Crippen molar-refractivity contribution in [2.75, 3.05) is 5.75 Å². The fourth-order valence-electron chi connectivity index (χ4n) is 1.41. The standard InChI is InChI=1S/C12H18O2S/c1-8(2)7-15(14)12-6-9(3)11(13)5-10(12)4/h5-6,8,13H,7H2,1-4H3. The van der Waals surface area contributed by atoms with E-state index in [-0.39, 0.29) is 5.75 Å². The van der Waals surface area contributed by atoms with Gasteiger partial charge in [0.25, 0.3) is 0 Å². The van der Waals surface area contributed by atoms with Crippen LogP contribution >= 0.6 is 0 Å². The van der Waals surface area contributed by atoms with Crippen LogP contribution in [0.1, 0.15) is 25.0 Å². The number of aryl methyl sites for hydroxylation is 2. The predicted molar refractivity (Wildman–Crippen MR) is 63.7 cm³/mol. The molecule has 2 nitrogen and oxygen atoms in total. The first-order chi connectivity index (χ1) is 6.91. The molecule has 0 radical (unpaired) electrons. The Morgan fingerprint density at radius 1 is 1.27 bits per heavy atom. The number of aromatic hydroxyl groups is 1. The Morgan fingerprint density at radius 2 is 1.87 bits per heavy atom. The van der Waals surface area contributed by atoms with Crippen molar-refractivity contribution >= 4 is 10.8 Å². The molecule has 0 aliphatic carbocycles. The van der Waals surface area contributed by atoms with E-state index in [1.165, 1.54) is 0 Å². The van der Waals surface area contributed by atoms with Crippen LogP contribution in [0.4, 0.5) is 0 Å². The van der Waals surface area contributed by atoms with Gasteiger partial charge in [0.2, 0.25) is 0 Å². The van der Waals surface area contributed by atoms with Crippen molar-refractivity contribution in [3.05, 3.63) is 23.3 Å². The molecule has 0 aromatic heterocycles. The zero-order valence-electron chi connectivity index (χ0n) is 9.70. The second-order valence-electron chi connectivity index (χ2n) is 4.31. The van der Waals surface area contributed by atoms with E-state index in [4.69, 9.17) is 0 Å². The Labute approximate surface area is 93.8 Å². The minimum absolute atomic E-state index is 0.276. The van der Waals surface area contributed by atoms with Crippen molar-refractivity contribution in [1.29, 1.82) is 0 Å². The lowest BCUT2D eigenvalue weighted by molar-refractivity contribution is 0.470. The molecule has 0 saturated carbocycles. The summed E-state index contributed by atoms with van der Waals surface area (Å²) in [6.07, 6.45) is 0. The molecule has 1 aromatic rings. The van der Waals surface area contributed by atoms with Crippen molar-refractivity contribution in [3.63, 3.8) is 0 Å². The summed E-state index contributed by atoms with van der Waals surface area (Å²) >= 11 is 0. The second-order valence-corrected chi connectivity index (χ2v) is 5.77. The zero-order chi connectivity index (χ0) is 11.6. The third-order valence-corrected chi connectivity index (χ3v) is 4.12. The number of phenols is 1. The quantitative estimate of drug-likeness (QED) is 0.860. The molecular weight excluding hydrogens is 208 g/mol. The van der Waals surface area contributed by atoms with E-state index in [2.05, 4.69) is 13.8 Å². The maximum absolute atomic E-state index is 12.0. The highest BCUT2D eigenvalue weighted by Crippen LogP contribution is 2.24. The Balaban J connectivity index is 3.04. The molecule has 1 aromatic carbocycles. The van der Waals surface area contributed by atoms with Gasteiger partial charge in [-0.3, -0.25) is 4.21 Å². The molecule has 0 aliphatic heterocycles. The topological polar surface area (TPSA) is 37.3 Å². The van der Waals surface area contributed by atoms with Gasteiger partial charge in [-0.15, -0.1) is 0 Å². The highest BCUT2D eigenvalue weighted by atomic mass is 32.2. The second kappa shape index (κ2) is 4.79. The van der Waals surface area contributed by atoms with Crippen LogP contribution in [0.25, 0.3) is 0 Å². The van der Waals surface area contributed by atoms with E-state index in [0.29, 0.717) is 11.7 Å². The molecule has 0 fully saturated rings. The van der Waals surface area contributed by atoms with E-state index in [1.807, 2.05) is 19.9 Å².